The zero-order chi connectivity index (χ0) is 8.74. The molecule has 2 nitrogen and oxygen atoms in total. The van der Waals surface area contributed by atoms with Crippen molar-refractivity contribution in [2.45, 2.75) is 12.8 Å². The van der Waals surface area contributed by atoms with Crippen molar-refractivity contribution in [3.05, 3.63) is 0 Å². The Balaban J connectivity index is 3.02. The van der Waals surface area contributed by atoms with E-state index in [9.17, 15) is 13.2 Å². The Morgan fingerprint density at radius 2 is 1.91 bits per heavy atom. The number of hydrogen-bond donors (Lipinski definition) is 0. The summed E-state index contributed by atoms with van der Waals surface area (Å²) in [4.78, 5) is 0. The molecule has 0 aliphatic heterocycles. The quantitative estimate of drug-likeness (QED) is 0.447. The second kappa shape index (κ2) is 5.37. The molecule has 0 aromatic heterocycles. The van der Waals surface area contributed by atoms with Gasteiger partial charge in [-0.2, -0.15) is 0 Å². The Kier molecular flexibility index (Phi) is 5.23. The van der Waals surface area contributed by atoms with E-state index in [1.807, 2.05) is 0 Å². The maximum atomic E-state index is 12.0. The highest BCUT2D eigenvalue weighted by Gasteiger charge is 2.20. The number of hydrogen-bond acceptors (Lipinski definition) is 2. The van der Waals surface area contributed by atoms with Crippen LogP contribution in [0.15, 0.2) is 0 Å². The van der Waals surface area contributed by atoms with Gasteiger partial charge in [-0.05, 0) is 0 Å². The first-order valence-electron chi connectivity index (χ1n) is 3.15. The molecule has 0 radical (unpaired) electrons. The van der Waals surface area contributed by atoms with Crippen molar-refractivity contribution < 1.29 is 22.6 Å². The van der Waals surface area contributed by atoms with Crippen LogP contribution in [-0.2, 0) is 9.47 Å². The average Bonchev–Trinajstić information content (AvgIpc) is 1.85. The Hall–Kier alpha value is -0.290. The highest BCUT2D eigenvalue weighted by atomic mass is 19.3. The maximum Gasteiger partial charge on any atom is 0.268 e. The number of rotatable bonds is 6. The van der Waals surface area contributed by atoms with E-state index >= 15 is 0 Å². The minimum Gasteiger partial charge on any atom is -0.353 e. The number of alkyl halides is 3. The van der Waals surface area contributed by atoms with Crippen molar-refractivity contribution in [1.82, 2.24) is 0 Å². The normalized spacial score (nSPS) is 12.0. The molecule has 0 aliphatic rings. The highest BCUT2D eigenvalue weighted by molar-refractivity contribution is 4.53. The topological polar surface area (TPSA) is 18.5 Å². The van der Waals surface area contributed by atoms with E-state index in [0.29, 0.717) is 0 Å². The summed E-state index contributed by atoms with van der Waals surface area (Å²) >= 11 is 0. The molecule has 0 saturated heterocycles. The van der Waals surface area contributed by atoms with E-state index in [1.165, 1.54) is 0 Å². The van der Waals surface area contributed by atoms with Crippen molar-refractivity contribution >= 4 is 0 Å². The predicted molar refractivity (Wildman–Crippen MR) is 33.4 cm³/mol. The van der Waals surface area contributed by atoms with E-state index in [0.717, 1.165) is 6.92 Å². The Morgan fingerprint density at radius 3 is 2.36 bits per heavy atom. The van der Waals surface area contributed by atoms with Crippen LogP contribution in [0.2, 0.25) is 0 Å². The minimum absolute atomic E-state index is 0.116. The first-order valence-corrected chi connectivity index (χ1v) is 3.15. The average molecular weight is 172 g/mol. The fourth-order valence-electron chi connectivity index (χ4n) is 0.393. The molecule has 0 amide bonds. The van der Waals surface area contributed by atoms with Crippen LogP contribution >= 0.6 is 0 Å². The Labute approximate surface area is 63.3 Å². The fourth-order valence-corrected chi connectivity index (χ4v) is 0.393. The van der Waals surface area contributed by atoms with Gasteiger partial charge in [0.1, 0.15) is 20.1 Å². The molecule has 5 heteroatoms. The molecule has 0 heterocycles. The molecule has 0 aliphatic carbocycles. The highest BCUT2D eigenvalue weighted by Crippen LogP contribution is 2.10. The van der Waals surface area contributed by atoms with Gasteiger partial charge in [0.2, 0.25) is 0 Å². The number of ether oxygens (including phenoxy) is 2. The lowest BCUT2D eigenvalue weighted by atomic mass is 10.4. The van der Waals surface area contributed by atoms with E-state index in [2.05, 4.69) is 9.47 Å². The summed E-state index contributed by atoms with van der Waals surface area (Å²) in [6.45, 7) is -0.990. The molecule has 0 aromatic carbocycles. The van der Waals surface area contributed by atoms with Crippen LogP contribution in [0.3, 0.4) is 0 Å². The van der Waals surface area contributed by atoms with Crippen LogP contribution in [0.25, 0.3) is 0 Å². The van der Waals surface area contributed by atoms with Crippen molar-refractivity contribution in [2.75, 3.05) is 26.7 Å². The molecule has 0 rings (SSSR count). The van der Waals surface area contributed by atoms with Gasteiger partial charge in [0.15, 0.2) is 0 Å². The summed E-state index contributed by atoms with van der Waals surface area (Å²) in [5, 5.41) is 0. The first kappa shape index (κ1) is 10.7. The molecule has 0 unspecified atom stereocenters. The predicted octanol–water partition coefficient (Wildman–Crippen LogP) is 1.60. The van der Waals surface area contributed by atoms with Crippen LogP contribution in [0.4, 0.5) is 13.2 Å². The van der Waals surface area contributed by atoms with Gasteiger partial charge in [-0.1, -0.05) is 0 Å². The van der Waals surface area contributed by atoms with Gasteiger partial charge in [-0.3, -0.25) is 0 Å². The molecule has 0 saturated carbocycles. The maximum absolute atomic E-state index is 12.0. The van der Waals surface area contributed by atoms with E-state index in [-0.39, 0.29) is 13.4 Å². The van der Waals surface area contributed by atoms with Crippen LogP contribution in [0.1, 0.15) is 6.92 Å². The fraction of sp³-hybridized carbons (Fsp3) is 1.00. The molecule has 0 fully saturated rings. The first-order chi connectivity index (χ1) is 5.06. The summed E-state index contributed by atoms with van der Waals surface area (Å²) < 4.78 is 44.1. The van der Waals surface area contributed by atoms with Crippen molar-refractivity contribution in [3.63, 3.8) is 0 Å². The van der Waals surface area contributed by atoms with E-state index in [1.54, 1.807) is 0 Å². The zero-order valence-corrected chi connectivity index (χ0v) is 6.28. The van der Waals surface area contributed by atoms with Gasteiger partial charge < -0.3 is 9.47 Å². The largest absolute Gasteiger partial charge is 0.353 e. The standard InChI is InChI=1S/C6H11F3O2/c1-6(8,9)4-11-5-10-3-2-7/h2-5H2,1H3. The lowest BCUT2D eigenvalue weighted by Crippen LogP contribution is -2.20. The van der Waals surface area contributed by atoms with Crippen LogP contribution in [0, 0.1) is 0 Å². The summed E-state index contributed by atoms with van der Waals surface area (Å²) in [6, 6.07) is 0. The molecule has 11 heavy (non-hydrogen) atoms. The minimum atomic E-state index is -2.85. The second-order valence-corrected chi connectivity index (χ2v) is 2.13. The zero-order valence-electron chi connectivity index (χ0n) is 6.28. The second-order valence-electron chi connectivity index (χ2n) is 2.13. The van der Waals surface area contributed by atoms with Crippen molar-refractivity contribution in [1.29, 1.82) is 0 Å². The third-order valence-corrected chi connectivity index (χ3v) is 0.744. The van der Waals surface area contributed by atoms with Gasteiger partial charge in [-0.25, -0.2) is 13.2 Å². The molecule has 68 valence electrons. The van der Waals surface area contributed by atoms with Crippen molar-refractivity contribution in [3.8, 4) is 0 Å². The van der Waals surface area contributed by atoms with Crippen LogP contribution in [0.5, 0.6) is 0 Å². The van der Waals surface area contributed by atoms with Gasteiger partial charge in [0.05, 0.1) is 6.61 Å². The Bertz CT molecular complexity index is 92.3. The summed E-state index contributed by atoms with van der Waals surface area (Å²) in [5.74, 6) is -2.85. The molecule has 0 atom stereocenters. The molecule has 0 aromatic rings. The smallest absolute Gasteiger partial charge is 0.268 e. The van der Waals surface area contributed by atoms with Crippen molar-refractivity contribution in [2.24, 2.45) is 0 Å². The Morgan fingerprint density at radius 1 is 1.27 bits per heavy atom. The van der Waals surface area contributed by atoms with E-state index in [4.69, 9.17) is 0 Å². The SMILES string of the molecule is CC(F)(F)COCOCCF. The summed E-state index contributed by atoms with van der Waals surface area (Å²) in [5.41, 5.74) is 0. The monoisotopic (exact) mass is 172 g/mol. The molecular weight excluding hydrogens is 161 g/mol. The lowest BCUT2D eigenvalue weighted by molar-refractivity contribution is -0.123. The third kappa shape index (κ3) is 9.71. The molecule has 0 N–H and O–H groups in total. The van der Waals surface area contributed by atoms with Gasteiger partial charge >= 0.3 is 0 Å². The lowest BCUT2D eigenvalue weighted by Gasteiger charge is -2.09. The molecule has 0 bridgehead atoms. The van der Waals surface area contributed by atoms with Gasteiger partial charge in [-0.15, -0.1) is 0 Å². The van der Waals surface area contributed by atoms with Crippen LogP contribution < -0.4 is 0 Å². The van der Waals surface area contributed by atoms with Gasteiger partial charge in [0, 0.05) is 6.92 Å². The summed E-state index contributed by atoms with van der Waals surface area (Å²) in [6.07, 6.45) is 0. The van der Waals surface area contributed by atoms with Gasteiger partial charge in [0.25, 0.3) is 5.92 Å². The number of halogens is 3. The molecule has 0 spiro atoms. The molecular formula is C6H11F3O2. The van der Waals surface area contributed by atoms with Crippen LogP contribution in [-0.4, -0.2) is 32.6 Å². The van der Waals surface area contributed by atoms with E-state index < -0.39 is 19.2 Å². The summed E-state index contributed by atoms with van der Waals surface area (Å²) in [7, 11) is 0. The third-order valence-electron chi connectivity index (χ3n) is 0.744.